The van der Waals surface area contributed by atoms with Gasteiger partial charge in [0.05, 0.1) is 6.61 Å². The number of aliphatic hydroxyl groups is 1. The summed E-state index contributed by atoms with van der Waals surface area (Å²) < 4.78 is 10.8. The summed E-state index contributed by atoms with van der Waals surface area (Å²) in [6, 6.07) is 18.3. The number of aliphatic hydroxyl groups excluding tert-OH is 1. The van der Waals surface area contributed by atoms with Crippen LogP contribution in [0.15, 0.2) is 54.6 Å². The van der Waals surface area contributed by atoms with Gasteiger partial charge in [-0.05, 0) is 35.6 Å². The first-order valence-corrected chi connectivity index (χ1v) is 7.22. The van der Waals surface area contributed by atoms with Gasteiger partial charge in [0.2, 0.25) is 0 Å². The molecule has 1 atom stereocenters. The SMILES string of the molecule is C[C@H](COCO)Cc1ccc(OCc2ccccc2)cc1. The highest BCUT2D eigenvalue weighted by atomic mass is 16.6. The zero-order valence-corrected chi connectivity index (χ0v) is 12.4. The van der Waals surface area contributed by atoms with Crippen LogP contribution in [-0.2, 0) is 17.8 Å². The summed E-state index contributed by atoms with van der Waals surface area (Å²) in [4.78, 5) is 0. The number of hydrogen-bond donors (Lipinski definition) is 1. The summed E-state index contributed by atoms with van der Waals surface area (Å²) >= 11 is 0. The van der Waals surface area contributed by atoms with Gasteiger partial charge in [-0.2, -0.15) is 0 Å². The van der Waals surface area contributed by atoms with E-state index < -0.39 is 0 Å². The molecule has 0 aliphatic heterocycles. The van der Waals surface area contributed by atoms with Gasteiger partial charge in [-0.15, -0.1) is 0 Å². The van der Waals surface area contributed by atoms with Crippen molar-refractivity contribution in [2.24, 2.45) is 5.92 Å². The molecule has 2 aromatic carbocycles. The van der Waals surface area contributed by atoms with Gasteiger partial charge in [0.15, 0.2) is 0 Å². The molecule has 0 spiro atoms. The molecule has 0 saturated carbocycles. The highest BCUT2D eigenvalue weighted by Crippen LogP contribution is 2.16. The van der Waals surface area contributed by atoms with Crippen LogP contribution >= 0.6 is 0 Å². The predicted molar refractivity (Wildman–Crippen MR) is 83.1 cm³/mol. The highest BCUT2D eigenvalue weighted by molar-refractivity contribution is 5.28. The molecule has 0 bridgehead atoms. The Balaban J connectivity index is 1.81. The Kier molecular flexibility index (Phi) is 6.25. The van der Waals surface area contributed by atoms with E-state index in [1.807, 2.05) is 30.3 Å². The third-order valence-corrected chi connectivity index (χ3v) is 3.25. The van der Waals surface area contributed by atoms with E-state index in [0.717, 1.165) is 17.7 Å². The first-order chi connectivity index (χ1) is 10.3. The fourth-order valence-electron chi connectivity index (χ4n) is 2.18. The molecule has 0 aliphatic rings. The molecule has 0 saturated heterocycles. The monoisotopic (exact) mass is 286 g/mol. The molecule has 21 heavy (non-hydrogen) atoms. The zero-order valence-electron chi connectivity index (χ0n) is 12.4. The summed E-state index contributed by atoms with van der Waals surface area (Å²) in [5.74, 6) is 1.26. The highest BCUT2D eigenvalue weighted by Gasteiger charge is 2.04. The largest absolute Gasteiger partial charge is 0.489 e. The fourth-order valence-corrected chi connectivity index (χ4v) is 2.18. The Labute approximate surface area is 126 Å². The van der Waals surface area contributed by atoms with Crippen LogP contribution in [0.3, 0.4) is 0 Å². The molecule has 3 heteroatoms. The van der Waals surface area contributed by atoms with Crippen molar-refractivity contribution in [2.45, 2.75) is 20.0 Å². The minimum absolute atomic E-state index is 0.212. The standard InChI is InChI=1S/C18H22O3/c1-15(12-20-14-19)11-16-7-9-18(10-8-16)21-13-17-5-3-2-4-6-17/h2-10,15,19H,11-14H2,1H3/t15-/m0/s1. The molecular weight excluding hydrogens is 264 g/mol. The number of rotatable bonds is 8. The van der Waals surface area contributed by atoms with Crippen LogP contribution in [0.4, 0.5) is 0 Å². The Bertz CT molecular complexity index is 508. The van der Waals surface area contributed by atoms with Crippen molar-refractivity contribution in [1.29, 1.82) is 0 Å². The maximum atomic E-state index is 8.63. The van der Waals surface area contributed by atoms with Gasteiger partial charge in [-0.3, -0.25) is 0 Å². The van der Waals surface area contributed by atoms with Crippen molar-refractivity contribution in [3.8, 4) is 5.75 Å². The van der Waals surface area contributed by atoms with Crippen molar-refractivity contribution in [3.05, 3.63) is 65.7 Å². The Morgan fingerprint density at radius 2 is 1.67 bits per heavy atom. The fraction of sp³-hybridized carbons (Fsp3) is 0.333. The van der Waals surface area contributed by atoms with Gasteiger partial charge < -0.3 is 14.6 Å². The summed E-state index contributed by atoms with van der Waals surface area (Å²) in [7, 11) is 0. The second-order valence-electron chi connectivity index (χ2n) is 5.23. The van der Waals surface area contributed by atoms with Gasteiger partial charge in [-0.25, -0.2) is 0 Å². The molecule has 0 heterocycles. The minimum Gasteiger partial charge on any atom is -0.489 e. The first kappa shape index (κ1) is 15.5. The average Bonchev–Trinajstić information content (AvgIpc) is 2.53. The average molecular weight is 286 g/mol. The Morgan fingerprint density at radius 1 is 0.952 bits per heavy atom. The Morgan fingerprint density at radius 3 is 2.33 bits per heavy atom. The van der Waals surface area contributed by atoms with Crippen molar-refractivity contribution < 1.29 is 14.6 Å². The first-order valence-electron chi connectivity index (χ1n) is 7.22. The van der Waals surface area contributed by atoms with E-state index >= 15 is 0 Å². The van der Waals surface area contributed by atoms with Crippen molar-refractivity contribution in [1.82, 2.24) is 0 Å². The summed E-state index contributed by atoms with van der Waals surface area (Å²) in [5, 5.41) is 8.63. The second kappa shape index (κ2) is 8.45. The van der Waals surface area contributed by atoms with Crippen LogP contribution in [0.1, 0.15) is 18.1 Å². The summed E-state index contributed by atoms with van der Waals surface area (Å²) in [6.45, 7) is 3.05. The van der Waals surface area contributed by atoms with Crippen molar-refractivity contribution in [3.63, 3.8) is 0 Å². The van der Waals surface area contributed by atoms with Crippen LogP contribution < -0.4 is 4.74 Å². The zero-order chi connectivity index (χ0) is 14.9. The lowest BCUT2D eigenvalue weighted by Crippen LogP contribution is -2.09. The third-order valence-electron chi connectivity index (χ3n) is 3.25. The van der Waals surface area contributed by atoms with Gasteiger partial charge in [0, 0.05) is 0 Å². The lowest BCUT2D eigenvalue weighted by molar-refractivity contribution is -0.0150. The summed E-state index contributed by atoms with van der Waals surface area (Å²) in [6.07, 6.45) is 0.930. The van der Waals surface area contributed by atoms with E-state index in [-0.39, 0.29) is 6.79 Å². The number of benzene rings is 2. The minimum atomic E-state index is -0.212. The molecular formula is C18H22O3. The molecule has 2 rings (SSSR count). The molecule has 0 aliphatic carbocycles. The lowest BCUT2D eigenvalue weighted by Gasteiger charge is -2.12. The van der Waals surface area contributed by atoms with Crippen LogP contribution in [0.5, 0.6) is 5.75 Å². The molecule has 1 N–H and O–H groups in total. The maximum Gasteiger partial charge on any atom is 0.143 e. The Hall–Kier alpha value is -1.84. The van der Waals surface area contributed by atoms with Crippen LogP contribution in [0.2, 0.25) is 0 Å². The number of ether oxygens (including phenoxy) is 2. The van der Waals surface area contributed by atoms with E-state index in [0.29, 0.717) is 19.1 Å². The van der Waals surface area contributed by atoms with E-state index in [1.54, 1.807) is 0 Å². The van der Waals surface area contributed by atoms with Crippen LogP contribution in [0, 0.1) is 5.92 Å². The molecule has 2 aromatic rings. The topological polar surface area (TPSA) is 38.7 Å². The molecule has 0 unspecified atom stereocenters. The third kappa shape index (κ3) is 5.58. The van der Waals surface area contributed by atoms with Crippen molar-refractivity contribution in [2.75, 3.05) is 13.4 Å². The maximum absolute atomic E-state index is 8.63. The van der Waals surface area contributed by atoms with Gasteiger partial charge in [-0.1, -0.05) is 49.4 Å². The normalized spacial score (nSPS) is 12.1. The molecule has 0 amide bonds. The van der Waals surface area contributed by atoms with E-state index in [9.17, 15) is 0 Å². The molecule has 0 aromatic heterocycles. The van der Waals surface area contributed by atoms with E-state index in [1.165, 1.54) is 5.56 Å². The van der Waals surface area contributed by atoms with Crippen molar-refractivity contribution >= 4 is 0 Å². The lowest BCUT2D eigenvalue weighted by atomic mass is 10.0. The van der Waals surface area contributed by atoms with E-state index in [2.05, 4.69) is 31.2 Å². The van der Waals surface area contributed by atoms with Gasteiger partial charge in [0.25, 0.3) is 0 Å². The van der Waals surface area contributed by atoms with Crippen LogP contribution in [-0.4, -0.2) is 18.5 Å². The molecule has 112 valence electrons. The van der Waals surface area contributed by atoms with Gasteiger partial charge >= 0.3 is 0 Å². The molecule has 0 fully saturated rings. The van der Waals surface area contributed by atoms with Gasteiger partial charge in [0.1, 0.15) is 19.1 Å². The molecule has 3 nitrogen and oxygen atoms in total. The smallest absolute Gasteiger partial charge is 0.143 e. The second-order valence-corrected chi connectivity index (χ2v) is 5.23. The van der Waals surface area contributed by atoms with E-state index in [4.69, 9.17) is 14.6 Å². The van der Waals surface area contributed by atoms with Crippen LogP contribution in [0.25, 0.3) is 0 Å². The summed E-state index contributed by atoms with van der Waals surface area (Å²) in [5.41, 5.74) is 2.41. The number of hydrogen-bond acceptors (Lipinski definition) is 3. The predicted octanol–water partition coefficient (Wildman–Crippen LogP) is 3.41. The molecule has 0 radical (unpaired) electrons. The quantitative estimate of drug-likeness (QED) is 0.756.